The Kier molecular flexibility index (Phi) is 4.40. The number of carbonyl (C=O) groups is 2. The lowest BCUT2D eigenvalue weighted by Crippen LogP contribution is -2.28. The molecule has 2 aromatic heterocycles. The van der Waals surface area contributed by atoms with Crippen LogP contribution in [-0.4, -0.2) is 21.5 Å². The van der Waals surface area contributed by atoms with Crippen molar-refractivity contribution in [2.75, 3.05) is 5.32 Å². The first kappa shape index (κ1) is 17.9. The van der Waals surface area contributed by atoms with Crippen LogP contribution in [0.15, 0.2) is 30.3 Å². The van der Waals surface area contributed by atoms with Gasteiger partial charge in [0.2, 0.25) is 5.91 Å². The molecule has 1 aliphatic rings. The number of aromatic nitrogens is 2. The molecular weight excluding hydrogens is 382 g/mol. The van der Waals surface area contributed by atoms with E-state index >= 15 is 0 Å². The van der Waals surface area contributed by atoms with Crippen molar-refractivity contribution in [3.63, 3.8) is 0 Å². The predicted octanol–water partition coefficient (Wildman–Crippen LogP) is 4.82. The van der Waals surface area contributed by atoms with E-state index < -0.39 is 5.92 Å². The molecular formula is C20H18ClN3O2S. The Balaban J connectivity index is 1.85. The zero-order valence-corrected chi connectivity index (χ0v) is 16.7. The SMILES string of the molecule is Cc1ccc(-n2nc(C)c3c2NC(=O)CC3C(=O)c2ccc(Cl)s2)c(C)c1. The van der Waals surface area contributed by atoms with E-state index in [0.717, 1.165) is 28.1 Å². The van der Waals surface area contributed by atoms with Gasteiger partial charge in [-0.05, 0) is 44.5 Å². The molecule has 0 saturated heterocycles. The van der Waals surface area contributed by atoms with Gasteiger partial charge in [0.05, 0.1) is 26.5 Å². The van der Waals surface area contributed by atoms with Crippen molar-refractivity contribution in [3.8, 4) is 5.69 Å². The van der Waals surface area contributed by atoms with Crippen LogP contribution < -0.4 is 5.32 Å². The minimum atomic E-state index is -0.553. The largest absolute Gasteiger partial charge is 0.310 e. The number of Topliss-reactive ketones (excluding diaryl/α,β-unsaturated/α-hetero) is 1. The third kappa shape index (κ3) is 3.09. The fourth-order valence-corrected chi connectivity index (χ4v) is 4.64. The Morgan fingerprint density at radius 3 is 2.70 bits per heavy atom. The Bertz CT molecular complexity index is 1080. The number of nitrogens with one attached hydrogen (secondary N) is 1. The summed E-state index contributed by atoms with van der Waals surface area (Å²) >= 11 is 7.22. The maximum Gasteiger partial charge on any atom is 0.226 e. The molecule has 27 heavy (non-hydrogen) atoms. The summed E-state index contributed by atoms with van der Waals surface area (Å²) in [6.45, 7) is 5.91. The van der Waals surface area contributed by atoms with Gasteiger partial charge in [-0.15, -0.1) is 11.3 Å². The number of hydrogen-bond acceptors (Lipinski definition) is 4. The molecule has 1 atom stereocenters. The quantitative estimate of drug-likeness (QED) is 0.642. The number of benzene rings is 1. The van der Waals surface area contributed by atoms with E-state index in [4.69, 9.17) is 11.6 Å². The number of rotatable bonds is 3. The van der Waals surface area contributed by atoms with Gasteiger partial charge in [-0.2, -0.15) is 5.10 Å². The molecule has 0 saturated carbocycles. The summed E-state index contributed by atoms with van der Waals surface area (Å²) < 4.78 is 2.29. The second-order valence-electron chi connectivity index (χ2n) is 6.82. The maximum atomic E-state index is 13.1. The van der Waals surface area contributed by atoms with E-state index in [1.165, 1.54) is 11.3 Å². The molecule has 138 valence electrons. The molecule has 0 fully saturated rings. The first-order chi connectivity index (χ1) is 12.8. The van der Waals surface area contributed by atoms with Crippen LogP contribution in [0.1, 0.15) is 44.4 Å². The van der Waals surface area contributed by atoms with Gasteiger partial charge in [-0.25, -0.2) is 4.68 Å². The summed E-state index contributed by atoms with van der Waals surface area (Å²) in [7, 11) is 0. The van der Waals surface area contributed by atoms with Crippen LogP contribution in [0.5, 0.6) is 0 Å². The molecule has 4 rings (SSSR count). The molecule has 5 nitrogen and oxygen atoms in total. The van der Waals surface area contributed by atoms with Crippen LogP contribution in [0.25, 0.3) is 5.69 Å². The molecule has 1 aliphatic heterocycles. The minimum absolute atomic E-state index is 0.0914. The summed E-state index contributed by atoms with van der Waals surface area (Å²) in [5.41, 5.74) is 4.61. The van der Waals surface area contributed by atoms with E-state index in [1.807, 2.05) is 32.9 Å². The highest BCUT2D eigenvalue weighted by atomic mass is 35.5. The lowest BCUT2D eigenvalue weighted by atomic mass is 9.87. The van der Waals surface area contributed by atoms with Gasteiger partial charge in [0.25, 0.3) is 0 Å². The van der Waals surface area contributed by atoms with Crippen molar-refractivity contribution in [1.82, 2.24) is 9.78 Å². The van der Waals surface area contributed by atoms with Crippen LogP contribution in [0.3, 0.4) is 0 Å². The summed E-state index contributed by atoms with van der Waals surface area (Å²) in [6, 6.07) is 9.47. The van der Waals surface area contributed by atoms with Crippen LogP contribution in [0, 0.1) is 20.8 Å². The van der Waals surface area contributed by atoms with Gasteiger partial charge < -0.3 is 5.32 Å². The van der Waals surface area contributed by atoms with Gasteiger partial charge in [-0.3, -0.25) is 9.59 Å². The smallest absolute Gasteiger partial charge is 0.226 e. The van der Waals surface area contributed by atoms with Crippen molar-refractivity contribution in [2.45, 2.75) is 33.1 Å². The Morgan fingerprint density at radius 1 is 1.26 bits per heavy atom. The van der Waals surface area contributed by atoms with Crippen molar-refractivity contribution < 1.29 is 9.59 Å². The summed E-state index contributed by atoms with van der Waals surface area (Å²) in [5, 5.41) is 7.56. The van der Waals surface area contributed by atoms with Crippen molar-refractivity contribution >= 4 is 40.4 Å². The molecule has 0 bridgehead atoms. The number of ketones is 1. The molecule has 0 aliphatic carbocycles. The number of halogens is 1. The summed E-state index contributed by atoms with van der Waals surface area (Å²) in [5.74, 6) is -0.250. The Labute approximate surface area is 166 Å². The molecule has 0 radical (unpaired) electrons. The summed E-state index contributed by atoms with van der Waals surface area (Å²) in [4.78, 5) is 26.0. The van der Waals surface area contributed by atoms with E-state index in [-0.39, 0.29) is 18.1 Å². The highest BCUT2D eigenvalue weighted by Crippen LogP contribution is 2.39. The first-order valence-electron chi connectivity index (χ1n) is 8.61. The second kappa shape index (κ2) is 6.62. The zero-order chi connectivity index (χ0) is 19.3. The molecule has 1 unspecified atom stereocenters. The monoisotopic (exact) mass is 399 g/mol. The average Bonchev–Trinajstić information content (AvgIpc) is 3.17. The van der Waals surface area contributed by atoms with Crippen LogP contribution in [-0.2, 0) is 4.79 Å². The van der Waals surface area contributed by atoms with Crippen molar-refractivity contribution in [2.24, 2.45) is 0 Å². The molecule has 3 heterocycles. The topological polar surface area (TPSA) is 64.0 Å². The number of aryl methyl sites for hydroxylation is 3. The van der Waals surface area contributed by atoms with Gasteiger partial charge >= 0.3 is 0 Å². The zero-order valence-electron chi connectivity index (χ0n) is 15.2. The molecule has 1 aromatic carbocycles. The van der Waals surface area contributed by atoms with E-state index in [9.17, 15) is 9.59 Å². The van der Waals surface area contributed by atoms with Crippen molar-refractivity contribution in [3.05, 3.63) is 61.9 Å². The lowest BCUT2D eigenvalue weighted by Gasteiger charge is -2.23. The number of anilines is 1. The molecule has 7 heteroatoms. The molecule has 3 aromatic rings. The Morgan fingerprint density at radius 2 is 2.04 bits per heavy atom. The second-order valence-corrected chi connectivity index (χ2v) is 8.54. The average molecular weight is 400 g/mol. The van der Waals surface area contributed by atoms with Crippen molar-refractivity contribution in [1.29, 1.82) is 0 Å². The van der Waals surface area contributed by atoms with E-state index in [2.05, 4.69) is 16.5 Å². The fraction of sp³-hybridized carbons (Fsp3) is 0.250. The molecule has 0 spiro atoms. The third-order valence-electron chi connectivity index (χ3n) is 4.82. The van der Waals surface area contributed by atoms with Crippen LogP contribution in [0.4, 0.5) is 5.82 Å². The number of thiophene rings is 1. The Hall–Kier alpha value is -2.44. The third-order valence-corrected chi connectivity index (χ3v) is 6.06. The maximum absolute atomic E-state index is 13.1. The first-order valence-corrected chi connectivity index (χ1v) is 9.81. The van der Waals surface area contributed by atoms with Gasteiger partial charge in [0.1, 0.15) is 5.82 Å². The number of nitrogens with zero attached hydrogens (tertiary/aromatic N) is 2. The van der Waals surface area contributed by atoms with E-state index in [1.54, 1.807) is 16.8 Å². The summed E-state index contributed by atoms with van der Waals surface area (Å²) in [6.07, 6.45) is 0.112. The van der Waals surface area contributed by atoms with E-state index in [0.29, 0.717) is 15.0 Å². The van der Waals surface area contributed by atoms with Gasteiger partial charge in [0.15, 0.2) is 5.78 Å². The normalized spacial score (nSPS) is 16.1. The van der Waals surface area contributed by atoms with Gasteiger partial charge in [0, 0.05) is 12.0 Å². The number of hydrogen-bond donors (Lipinski definition) is 1. The lowest BCUT2D eigenvalue weighted by molar-refractivity contribution is -0.116. The molecule has 1 amide bonds. The standard InChI is InChI=1S/C20H18ClN3O2S/c1-10-4-5-14(11(2)8-10)24-20-18(12(3)23-24)13(9-17(25)22-20)19(26)15-6-7-16(21)27-15/h4-8,13H,9H2,1-3H3,(H,22,25). The number of amides is 1. The van der Waals surface area contributed by atoms with Crippen LogP contribution in [0.2, 0.25) is 4.34 Å². The minimum Gasteiger partial charge on any atom is -0.310 e. The highest BCUT2D eigenvalue weighted by molar-refractivity contribution is 7.18. The highest BCUT2D eigenvalue weighted by Gasteiger charge is 2.36. The fourth-order valence-electron chi connectivity index (χ4n) is 3.61. The predicted molar refractivity (Wildman–Crippen MR) is 107 cm³/mol. The van der Waals surface area contributed by atoms with Crippen LogP contribution >= 0.6 is 22.9 Å². The van der Waals surface area contributed by atoms with Gasteiger partial charge in [-0.1, -0.05) is 29.3 Å². The number of fused-ring (bicyclic) bond motifs is 1. The molecule has 1 N–H and O–H groups in total. The number of carbonyl (C=O) groups excluding carboxylic acids is 2.